The van der Waals surface area contributed by atoms with Crippen molar-refractivity contribution in [2.24, 2.45) is 5.92 Å². The van der Waals surface area contributed by atoms with Gasteiger partial charge in [0.2, 0.25) is 5.91 Å². The summed E-state index contributed by atoms with van der Waals surface area (Å²) in [6.07, 6.45) is 1.90. The maximum Gasteiger partial charge on any atom is 0.224 e. The molecule has 1 aromatic rings. The van der Waals surface area contributed by atoms with Crippen molar-refractivity contribution >= 4 is 5.91 Å². The second-order valence-electron chi connectivity index (χ2n) is 6.30. The van der Waals surface area contributed by atoms with Crippen LogP contribution in [0.25, 0.3) is 0 Å². The van der Waals surface area contributed by atoms with Crippen LogP contribution in [0.5, 0.6) is 0 Å². The van der Waals surface area contributed by atoms with Crippen molar-refractivity contribution < 1.29 is 14.3 Å². The average Bonchev–Trinajstić information content (AvgIpc) is 2.54. The van der Waals surface area contributed by atoms with Gasteiger partial charge >= 0.3 is 0 Å². The standard InChI is InChI=1S/C18H25NO3/c1-3-16-13(2)18(22-11-14-7-5-4-6-8-14)15(12-21-16)19-10-9-17(19)20/h4-8,13,15-16,18H,3,9-12H2,1-2H3/t13-,15+,16+,18-/m0/s1. The number of hydrogen-bond donors (Lipinski definition) is 0. The molecule has 0 aromatic heterocycles. The zero-order valence-electron chi connectivity index (χ0n) is 13.4. The van der Waals surface area contributed by atoms with Gasteiger partial charge in [0.25, 0.3) is 0 Å². The Kier molecular flexibility index (Phi) is 4.79. The van der Waals surface area contributed by atoms with Crippen LogP contribution in [0.2, 0.25) is 0 Å². The smallest absolute Gasteiger partial charge is 0.224 e. The Balaban J connectivity index is 1.70. The Bertz CT molecular complexity index is 504. The van der Waals surface area contributed by atoms with Crippen molar-refractivity contribution in [2.45, 2.75) is 51.5 Å². The fourth-order valence-corrected chi connectivity index (χ4v) is 3.50. The van der Waals surface area contributed by atoms with Gasteiger partial charge in [-0.2, -0.15) is 0 Å². The summed E-state index contributed by atoms with van der Waals surface area (Å²) in [6, 6.07) is 10.3. The predicted molar refractivity (Wildman–Crippen MR) is 84.3 cm³/mol. The Hall–Kier alpha value is -1.39. The van der Waals surface area contributed by atoms with E-state index in [2.05, 4.69) is 26.0 Å². The van der Waals surface area contributed by atoms with Crippen LogP contribution in [0, 0.1) is 5.92 Å². The van der Waals surface area contributed by atoms with Gasteiger partial charge in [0, 0.05) is 18.9 Å². The zero-order valence-corrected chi connectivity index (χ0v) is 13.4. The molecule has 0 radical (unpaired) electrons. The number of rotatable bonds is 5. The Morgan fingerprint density at radius 1 is 1.32 bits per heavy atom. The molecule has 0 saturated carbocycles. The second kappa shape index (κ2) is 6.80. The lowest BCUT2D eigenvalue weighted by Crippen LogP contribution is -2.62. The van der Waals surface area contributed by atoms with Crippen LogP contribution in [0.15, 0.2) is 30.3 Å². The van der Waals surface area contributed by atoms with E-state index in [1.54, 1.807) is 0 Å². The van der Waals surface area contributed by atoms with Crippen molar-refractivity contribution in [1.29, 1.82) is 0 Å². The van der Waals surface area contributed by atoms with Gasteiger partial charge in [-0.05, 0) is 12.0 Å². The number of amides is 1. The number of ether oxygens (including phenoxy) is 2. The van der Waals surface area contributed by atoms with Crippen molar-refractivity contribution in [3.8, 4) is 0 Å². The van der Waals surface area contributed by atoms with Gasteiger partial charge in [-0.1, -0.05) is 44.2 Å². The van der Waals surface area contributed by atoms with Crippen LogP contribution < -0.4 is 0 Å². The van der Waals surface area contributed by atoms with Crippen LogP contribution in [0.4, 0.5) is 0 Å². The van der Waals surface area contributed by atoms with E-state index in [4.69, 9.17) is 9.47 Å². The molecular weight excluding hydrogens is 278 g/mol. The van der Waals surface area contributed by atoms with Crippen molar-refractivity contribution in [1.82, 2.24) is 4.90 Å². The SMILES string of the molecule is CC[C@H]1OC[C@@H](N2CCC2=O)[C@@H](OCc2ccccc2)[C@H]1C. The van der Waals surface area contributed by atoms with Gasteiger partial charge in [-0.15, -0.1) is 0 Å². The summed E-state index contributed by atoms with van der Waals surface area (Å²) in [7, 11) is 0. The highest BCUT2D eigenvalue weighted by Crippen LogP contribution is 2.31. The fourth-order valence-electron chi connectivity index (χ4n) is 3.50. The van der Waals surface area contributed by atoms with Gasteiger partial charge in [-0.3, -0.25) is 4.79 Å². The third kappa shape index (κ3) is 3.03. The van der Waals surface area contributed by atoms with E-state index >= 15 is 0 Å². The molecule has 0 N–H and O–H groups in total. The van der Waals surface area contributed by atoms with Crippen LogP contribution in [0.3, 0.4) is 0 Å². The third-order valence-electron chi connectivity index (χ3n) is 4.94. The third-order valence-corrected chi connectivity index (χ3v) is 4.94. The molecule has 4 atom stereocenters. The summed E-state index contributed by atoms with van der Waals surface area (Å²) in [5, 5.41) is 0. The van der Waals surface area contributed by atoms with E-state index in [1.165, 1.54) is 5.56 Å². The van der Waals surface area contributed by atoms with Crippen LogP contribution >= 0.6 is 0 Å². The molecule has 0 aliphatic carbocycles. The number of nitrogens with zero attached hydrogens (tertiary/aromatic N) is 1. The first kappa shape index (κ1) is 15.5. The van der Waals surface area contributed by atoms with E-state index in [9.17, 15) is 4.79 Å². The second-order valence-corrected chi connectivity index (χ2v) is 6.30. The van der Waals surface area contributed by atoms with E-state index < -0.39 is 0 Å². The molecule has 2 fully saturated rings. The normalized spacial score (nSPS) is 31.9. The molecule has 4 nitrogen and oxygen atoms in total. The molecule has 0 bridgehead atoms. The lowest BCUT2D eigenvalue weighted by Gasteiger charge is -2.48. The number of likely N-dealkylation sites (tertiary alicyclic amines) is 1. The molecule has 1 aromatic carbocycles. The highest BCUT2D eigenvalue weighted by atomic mass is 16.5. The number of carbonyl (C=O) groups is 1. The quantitative estimate of drug-likeness (QED) is 0.785. The lowest BCUT2D eigenvalue weighted by molar-refractivity contribution is -0.181. The van der Waals surface area contributed by atoms with Crippen LogP contribution in [0.1, 0.15) is 32.3 Å². The average molecular weight is 303 g/mol. The summed E-state index contributed by atoms with van der Waals surface area (Å²) >= 11 is 0. The molecular formula is C18H25NO3. The highest BCUT2D eigenvalue weighted by molar-refractivity contribution is 5.82. The first-order valence-corrected chi connectivity index (χ1v) is 8.27. The highest BCUT2D eigenvalue weighted by Gasteiger charge is 2.44. The van der Waals surface area contributed by atoms with Gasteiger partial charge in [0.15, 0.2) is 0 Å². The topological polar surface area (TPSA) is 38.8 Å². The predicted octanol–water partition coefficient (Wildman–Crippen LogP) is 2.62. The van der Waals surface area contributed by atoms with Gasteiger partial charge in [0.05, 0.1) is 31.5 Å². The molecule has 120 valence electrons. The molecule has 1 amide bonds. The Labute approximate surface area is 132 Å². The minimum Gasteiger partial charge on any atom is -0.376 e. The first-order valence-electron chi connectivity index (χ1n) is 8.27. The van der Waals surface area contributed by atoms with E-state index in [0.29, 0.717) is 25.6 Å². The lowest BCUT2D eigenvalue weighted by atomic mass is 9.86. The van der Waals surface area contributed by atoms with E-state index in [0.717, 1.165) is 13.0 Å². The molecule has 2 saturated heterocycles. The van der Waals surface area contributed by atoms with E-state index in [-0.39, 0.29) is 24.2 Å². The fraction of sp³-hybridized carbons (Fsp3) is 0.611. The van der Waals surface area contributed by atoms with Gasteiger partial charge < -0.3 is 14.4 Å². The van der Waals surface area contributed by atoms with Crippen molar-refractivity contribution in [3.63, 3.8) is 0 Å². The van der Waals surface area contributed by atoms with Gasteiger partial charge in [-0.25, -0.2) is 0 Å². The largest absolute Gasteiger partial charge is 0.376 e. The molecule has 2 aliphatic heterocycles. The maximum absolute atomic E-state index is 11.8. The Morgan fingerprint density at radius 3 is 2.68 bits per heavy atom. The molecule has 22 heavy (non-hydrogen) atoms. The summed E-state index contributed by atoms with van der Waals surface area (Å²) in [5.74, 6) is 0.518. The molecule has 2 heterocycles. The molecule has 3 rings (SSSR count). The molecule has 4 heteroatoms. The van der Waals surface area contributed by atoms with Crippen LogP contribution in [-0.2, 0) is 20.9 Å². The number of carbonyl (C=O) groups excluding carboxylic acids is 1. The summed E-state index contributed by atoms with van der Waals surface area (Å²) < 4.78 is 12.2. The zero-order chi connectivity index (χ0) is 15.5. The molecule has 0 spiro atoms. The van der Waals surface area contributed by atoms with Crippen molar-refractivity contribution in [3.05, 3.63) is 35.9 Å². The Morgan fingerprint density at radius 2 is 2.09 bits per heavy atom. The summed E-state index contributed by atoms with van der Waals surface area (Å²) in [5.41, 5.74) is 1.17. The van der Waals surface area contributed by atoms with Gasteiger partial charge in [0.1, 0.15) is 0 Å². The van der Waals surface area contributed by atoms with Crippen molar-refractivity contribution in [2.75, 3.05) is 13.2 Å². The monoisotopic (exact) mass is 303 g/mol. The summed E-state index contributed by atoms with van der Waals surface area (Å²) in [4.78, 5) is 13.8. The number of β-lactam (4-membered cyclic amide) rings is 1. The summed E-state index contributed by atoms with van der Waals surface area (Å²) in [6.45, 7) is 6.34. The minimum atomic E-state index is 0.0446. The number of hydrogen-bond acceptors (Lipinski definition) is 3. The van der Waals surface area contributed by atoms with Crippen LogP contribution in [-0.4, -0.2) is 42.2 Å². The first-order chi connectivity index (χ1) is 10.7. The maximum atomic E-state index is 11.8. The molecule has 2 aliphatic rings. The number of benzene rings is 1. The minimum absolute atomic E-state index is 0.0446. The van der Waals surface area contributed by atoms with E-state index in [1.807, 2.05) is 23.1 Å². The molecule has 0 unspecified atom stereocenters.